The van der Waals surface area contributed by atoms with Crippen LogP contribution in [0, 0.1) is 0 Å². The van der Waals surface area contributed by atoms with E-state index in [-0.39, 0.29) is 12.8 Å². The first-order chi connectivity index (χ1) is 5.20. The Morgan fingerprint density at radius 1 is 1.25 bits per heavy atom. The van der Waals surface area contributed by atoms with Gasteiger partial charge in [-0.05, 0) is 0 Å². The van der Waals surface area contributed by atoms with Crippen molar-refractivity contribution in [2.24, 2.45) is 0 Å². The van der Waals surface area contributed by atoms with Crippen molar-refractivity contribution < 1.29 is 4.11 Å². The van der Waals surface area contributed by atoms with E-state index in [1.54, 1.807) is 0 Å². The highest BCUT2D eigenvalue weighted by Gasteiger charge is 1.83. The molecule has 0 amide bonds. The smallest absolute Gasteiger partial charge is 0.0267 e. The summed E-state index contributed by atoms with van der Waals surface area (Å²) >= 11 is 0. The Kier molecular flexibility index (Phi) is 3.43. The van der Waals surface area contributed by atoms with Crippen LogP contribution in [0.5, 0.6) is 0 Å². The minimum Gasteiger partial charge on any atom is -0.0654 e. The van der Waals surface area contributed by atoms with Crippen LogP contribution < -0.4 is 0 Å². The third-order valence-electron chi connectivity index (χ3n) is 1.03. The highest BCUT2D eigenvalue weighted by molar-refractivity contribution is 4.39. The summed E-state index contributed by atoms with van der Waals surface area (Å²) in [6.07, 6.45) is 2.94. The molecular weight excluding hydrogens is 96.1 g/mol. The van der Waals surface area contributed by atoms with Gasteiger partial charge in [-0.3, -0.25) is 0 Å². The first-order valence-electron chi connectivity index (χ1n) is 5.20. The van der Waals surface area contributed by atoms with E-state index in [4.69, 9.17) is 4.11 Å². The molecule has 8 heavy (non-hydrogen) atoms. The maximum absolute atomic E-state index is 7.50. The van der Waals surface area contributed by atoms with E-state index in [0.717, 1.165) is 12.8 Å². The Balaban J connectivity index is 3.32. The third kappa shape index (κ3) is 6.00. The molecule has 0 nitrogen and oxygen atoms in total. The maximum Gasteiger partial charge on any atom is 0.0267 e. The standard InChI is InChI=1S/C8H18/c1-3-5-7-8-6-4-2/h3-8H2,1-2H3/i1D,5D,8D. The number of hydrogen-bond donors (Lipinski definition) is 0. The molecular formula is C8H18. The molecule has 0 saturated carbocycles. The second-order valence-corrected chi connectivity index (χ2v) is 1.89. The van der Waals surface area contributed by atoms with Crippen molar-refractivity contribution >= 4 is 0 Å². The molecule has 0 saturated heterocycles. The summed E-state index contributed by atoms with van der Waals surface area (Å²) in [4.78, 5) is 0. The van der Waals surface area contributed by atoms with Crippen molar-refractivity contribution in [1.29, 1.82) is 0 Å². The van der Waals surface area contributed by atoms with Gasteiger partial charge in [0.15, 0.2) is 0 Å². The molecule has 0 spiro atoms. The normalized spacial score (nSPS) is 22.9. The lowest BCUT2D eigenvalue weighted by molar-refractivity contribution is 0.624. The summed E-state index contributed by atoms with van der Waals surface area (Å²) in [5, 5.41) is 0. The largest absolute Gasteiger partial charge is 0.0654 e. The average molecular weight is 117 g/mol. The van der Waals surface area contributed by atoms with E-state index < -0.39 is 0 Å². The second-order valence-electron chi connectivity index (χ2n) is 1.89. The molecule has 0 aliphatic rings. The summed E-state index contributed by atoms with van der Waals surface area (Å²) in [6, 6.07) is 0. The summed E-state index contributed by atoms with van der Waals surface area (Å²) < 4.78 is 21.8. The molecule has 50 valence electrons. The van der Waals surface area contributed by atoms with Crippen molar-refractivity contribution in [3.63, 3.8) is 0 Å². The van der Waals surface area contributed by atoms with Crippen LogP contribution in [-0.4, -0.2) is 0 Å². The molecule has 0 heterocycles. The van der Waals surface area contributed by atoms with Gasteiger partial charge < -0.3 is 0 Å². The number of hydrogen-bond acceptors (Lipinski definition) is 0. The molecule has 0 fully saturated rings. The zero-order chi connectivity index (χ0) is 8.69. The minimum absolute atomic E-state index is 0.0750. The van der Waals surface area contributed by atoms with Crippen molar-refractivity contribution in [2.75, 3.05) is 0 Å². The Bertz CT molecular complexity index is 75.4. The zero-order valence-electron chi connectivity index (χ0n) is 8.69. The lowest BCUT2D eigenvalue weighted by Gasteiger charge is -1.93. The summed E-state index contributed by atoms with van der Waals surface area (Å²) in [5.41, 5.74) is 0. The van der Waals surface area contributed by atoms with E-state index >= 15 is 0 Å². The molecule has 0 aromatic rings. The van der Waals surface area contributed by atoms with Gasteiger partial charge in [-0.25, -0.2) is 0 Å². The lowest BCUT2D eigenvalue weighted by Crippen LogP contribution is -1.73. The molecule has 0 aliphatic carbocycles. The molecule has 2 unspecified atom stereocenters. The fourth-order valence-electron chi connectivity index (χ4n) is 0.558. The topological polar surface area (TPSA) is 0 Å². The van der Waals surface area contributed by atoms with E-state index in [9.17, 15) is 0 Å². The SMILES string of the molecule is [2H]CCC([2H])CC([2H])CCC. The van der Waals surface area contributed by atoms with Gasteiger partial charge in [0.2, 0.25) is 0 Å². The molecule has 0 heteroatoms. The summed E-state index contributed by atoms with van der Waals surface area (Å²) in [6.45, 7) is 2.39. The third-order valence-corrected chi connectivity index (χ3v) is 1.03. The highest BCUT2D eigenvalue weighted by atomic mass is 13.9. The molecule has 0 rings (SSSR count). The fourth-order valence-corrected chi connectivity index (χ4v) is 0.558. The van der Waals surface area contributed by atoms with Crippen LogP contribution in [0.2, 0.25) is 0 Å². The van der Waals surface area contributed by atoms with E-state index in [2.05, 4.69) is 6.92 Å². The van der Waals surface area contributed by atoms with Gasteiger partial charge >= 0.3 is 0 Å². The van der Waals surface area contributed by atoms with Crippen LogP contribution in [-0.2, 0) is 0 Å². The van der Waals surface area contributed by atoms with Crippen LogP contribution in [0.3, 0.4) is 0 Å². The summed E-state index contributed by atoms with van der Waals surface area (Å²) in [7, 11) is 0. The van der Waals surface area contributed by atoms with Gasteiger partial charge in [0.05, 0.1) is 0 Å². The van der Waals surface area contributed by atoms with Crippen LogP contribution in [0.4, 0.5) is 0 Å². The van der Waals surface area contributed by atoms with Gasteiger partial charge in [0.25, 0.3) is 0 Å². The van der Waals surface area contributed by atoms with E-state index in [1.165, 1.54) is 0 Å². The van der Waals surface area contributed by atoms with Gasteiger partial charge in [0, 0.05) is 4.11 Å². The van der Waals surface area contributed by atoms with Crippen molar-refractivity contribution in [1.82, 2.24) is 0 Å². The Morgan fingerprint density at radius 3 is 2.75 bits per heavy atom. The molecule has 0 aromatic carbocycles. The van der Waals surface area contributed by atoms with Crippen LogP contribution >= 0.6 is 0 Å². The van der Waals surface area contributed by atoms with Crippen LogP contribution in [0.15, 0.2) is 0 Å². The molecule has 0 N–H and O–H groups in total. The Labute approximate surface area is 57.5 Å². The van der Waals surface area contributed by atoms with Crippen LogP contribution in [0.25, 0.3) is 0 Å². The Morgan fingerprint density at radius 2 is 2.12 bits per heavy atom. The maximum atomic E-state index is 7.50. The molecule has 0 aliphatic heterocycles. The minimum atomic E-state index is -0.179. The molecule has 0 radical (unpaired) electrons. The van der Waals surface area contributed by atoms with Gasteiger partial charge in [-0.15, -0.1) is 0 Å². The number of rotatable bonds is 5. The second kappa shape index (κ2) is 7.00. The van der Waals surface area contributed by atoms with E-state index in [1.807, 2.05) is 0 Å². The van der Waals surface area contributed by atoms with Crippen molar-refractivity contribution in [3.05, 3.63) is 0 Å². The summed E-state index contributed by atoms with van der Waals surface area (Å²) in [5.74, 6) is 0. The van der Waals surface area contributed by atoms with Gasteiger partial charge in [0.1, 0.15) is 0 Å². The molecule has 0 aromatic heterocycles. The van der Waals surface area contributed by atoms with Crippen molar-refractivity contribution in [2.45, 2.75) is 52.3 Å². The fraction of sp³-hybridized carbons (Fsp3) is 1.00. The average Bonchev–Trinajstić information content (AvgIpc) is 1.87. The van der Waals surface area contributed by atoms with Gasteiger partial charge in [-0.1, -0.05) is 52.3 Å². The zero-order valence-corrected chi connectivity index (χ0v) is 5.69. The first-order valence-corrected chi connectivity index (χ1v) is 3.34. The van der Waals surface area contributed by atoms with Crippen LogP contribution in [0.1, 0.15) is 56.4 Å². The van der Waals surface area contributed by atoms with E-state index in [0.29, 0.717) is 19.7 Å². The highest BCUT2D eigenvalue weighted by Crippen LogP contribution is 2.03. The predicted molar refractivity (Wildman–Crippen MR) is 39.1 cm³/mol. The monoisotopic (exact) mass is 117 g/mol. The Hall–Kier alpha value is 0. The molecule has 2 atom stereocenters. The van der Waals surface area contributed by atoms with Crippen molar-refractivity contribution in [3.8, 4) is 0 Å². The quantitative estimate of drug-likeness (QED) is 0.518. The lowest BCUT2D eigenvalue weighted by atomic mass is 10.1. The first kappa shape index (κ1) is 3.92. The van der Waals surface area contributed by atoms with Gasteiger partial charge in [-0.2, -0.15) is 0 Å². The molecule has 0 bridgehead atoms. The predicted octanol–water partition coefficient (Wildman–Crippen LogP) is 3.37.